The molecule has 0 atom stereocenters. The molecule has 1 fully saturated rings. The number of aromatic nitrogens is 2. The second kappa shape index (κ2) is 9.63. The number of aryl methyl sites for hydroxylation is 3. The summed E-state index contributed by atoms with van der Waals surface area (Å²) in [6, 6.07) is 9.81. The van der Waals surface area contributed by atoms with Crippen LogP contribution in [0.5, 0.6) is 0 Å². The van der Waals surface area contributed by atoms with Crippen molar-refractivity contribution in [1.29, 1.82) is 5.26 Å². The highest BCUT2D eigenvalue weighted by Gasteiger charge is 2.20. The van der Waals surface area contributed by atoms with Crippen LogP contribution in [0, 0.1) is 25.2 Å². The zero-order valence-electron chi connectivity index (χ0n) is 18.5. The van der Waals surface area contributed by atoms with Crippen LogP contribution in [0.3, 0.4) is 0 Å². The molecule has 1 aromatic carbocycles. The lowest BCUT2D eigenvalue weighted by Crippen LogP contribution is -2.36. The number of rotatable bonds is 5. The van der Waals surface area contributed by atoms with Crippen molar-refractivity contribution in [1.82, 2.24) is 19.4 Å². The van der Waals surface area contributed by atoms with E-state index in [1.807, 2.05) is 43.0 Å². The molecule has 0 aliphatic carbocycles. The van der Waals surface area contributed by atoms with E-state index in [1.54, 1.807) is 10.9 Å². The van der Waals surface area contributed by atoms with Crippen LogP contribution in [-0.4, -0.2) is 51.4 Å². The Morgan fingerprint density at radius 2 is 1.94 bits per heavy atom. The van der Waals surface area contributed by atoms with Gasteiger partial charge in [-0.05, 0) is 43.5 Å². The van der Waals surface area contributed by atoms with Gasteiger partial charge >= 0.3 is 0 Å². The number of fused-ring (bicyclic) bond motifs is 1. The first-order chi connectivity index (χ1) is 15.5. The maximum atomic E-state index is 12.8. The summed E-state index contributed by atoms with van der Waals surface area (Å²) in [5.41, 5.74) is 2.76. The summed E-state index contributed by atoms with van der Waals surface area (Å²) < 4.78 is 1.56. The maximum Gasteiger partial charge on any atom is 0.262 e. The van der Waals surface area contributed by atoms with Gasteiger partial charge in [0.25, 0.3) is 5.56 Å². The molecule has 1 amide bonds. The van der Waals surface area contributed by atoms with E-state index < -0.39 is 0 Å². The lowest BCUT2D eigenvalue weighted by molar-refractivity contribution is -0.131. The zero-order chi connectivity index (χ0) is 22.7. The van der Waals surface area contributed by atoms with E-state index in [1.165, 1.54) is 16.9 Å². The minimum Gasteiger partial charge on any atom is -0.341 e. The number of amides is 1. The van der Waals surface area contributed by atoms with Crippen LogP contribution in [0.1, 0.15) is 34.4 Å². The molecule has 1 aliphatic rings. The van der Waals surface area contributed by atoms with Crippen molar-refractivity contribution < 1.29 is 4.79 Å². The summed E-state index contributed by atoms with van der Waals surface area (Å²) in [6.07, 6.45) is 2.78. The molecular weight excluding hydrogens is 422 g/mol. The highest BCUT2D eigenvalue weighted by atomic mass is 32.1. The summed E-state index contributed by atoms with van der Waals surface area (Å²) in [4.78, 5) is 36.2. The zero-order valence-corrected chi connectivity index (χ0v) is 19.3. The molecular formula is C24H27N5O2S. The van der Waals surface area contributed by atoms with Gasteiger partial charge in [-0.2, -0.15) is 5.26 Å². The van der Waals surface area contributed by atoms with Crippen LogP contribution in [0.15, 0.2) is 35.4 Å². The maximum absolute atomic E-state index is 12.8. The quantitative estimate of drug-likeness (QED) is 0.598. The van der Waals surface area contributed by atoms with Gasteiger partial charge in [-0.25, -0.2) is 4.98 Å². The van der Waals surface area contributed by atoms with Gasteiger partial charge in [0.2, 0.25) is 5.91 Å². The molecule has 3 aromatic rings. The Kier molecular flexibility index (Phi) is 6.68. The topological polar surface area (TPSA) is 82.2 Å². The van der Waals surface area contributed by atoms with Crippen LogP contribution in [0.4, 0.5) is 0 Å². The molecule has 3 heterocycles. The van der Waals surface area contributed by atoms with E-state index in [0.717, 1.165) is 47.9 Å². The highest BCUT2D eigenvalue weighted by molar-refractivity contribution is 7.18. The largest absolute Gasteiger partial charge is 0.341 e. The van der Waals surface area contributed by atoms with Crippen molar-refractivity contribution in [3.8, 4) is 6.07 Å². The molecule has 166 valence electrons. The Balaban J connectivity index is 1.34. The number of carbonyl (C=O) groups is 1. The smallest absolute Gasteiger partial charge is 0.262 e. The Morgan fingerprint density at radius 3 is 2.69 bits per heavy atom. The first-order valence-corrected chi connectivity index (χ1v) is 11.7. The minimum absolute atomic E-state index is 0.0610. The fraction of sp³-hybridized carbons (Fsp3) is 0.417. The van der Waals surface area contributed by atoms with Crippen molar-refractivity contribution in [2.24, 2.45) is 0 Å². The average Bonchev–Trinajstić information content (AvgIpc) is 2.95. The fourth-order valence-corrected chi connectivity index (χ4v) is 5.11. The molecule has 4 rings (SSSR count). The summed E-state index contributed by atoms with van der Waals surface area (Å²) >= 11 is 1.53. The van der Waals surface area contributed by atoms with E-state index in [-0.39, 0.29) is 11.5 Å². The SMILES string of the molecule is Cc1sc2ncn(CCC(=O)N3CCCN(Cc4ccc(C#N)cc4)CC3)c(=O)c2c1C. The van der Waals surface area contributed by atoms with Crippen LogP contribution in [0.2, 0.25) is 0 Å². The molecule has 1 aliphatic heterocycles. The van der Waals surface area contributed by atoms with Crippen LogP contribution >= 0.6 is 11.3 Å². The lowest BCUT2D eigenvalue weighted by Gasteiger charge is -2.22. The molecule has 0 N–H and O–H groups in total. The molecule has 0 radical (unpaired) electrons. The molecule has 0 spiro atoms. The standard InChI is InChI=1S/C24H27N5O2S/c1-17-18(2)32-23-22(17)24(31)29(16-26-23)11-8-21(30)28-10-3-9-27(12-13-28)15-20-6-4-19(14-25)5-7-20/h4-7,16H,3,8-13,15H2,1-2H3. The van der Waals surface area contributed by atoms with E-state index >= 15 is 0 Å². The summed E-state index contributed by atoms with van der Waals surface area (Å²) in [5.74, 6) is 0.0791. The average molecular weight is 450 g/mol. The van der Waals surface area contributed by atoms with Gasteiger partial charge in [-0.15, -0.1) is 11.3 Å². The van der Waals surface area contributed by atoms with Crippen molar-refractivity contribution in [2.75, 3.05) is 26.2 Å². The molecule has 32 heavy (non-hydrogen) atoms. The van der Waals surface area contributed by atoms with Crippen LogP contribution in [0.25, 0.3) is 10.2 Å². The van der Waals surface area contributed by atoms with E-state index in [4.69, 9.17) is 5.26 Å². The van der Waals surface area contributed by atoms with Gasteiger partial charge in [0, 0.05) is 50.6 Å². The van der Waals surface area contributed by atoms with Crippen LogP contribution in [-0.2, 0) is 17.9 Å². The number of nitrogens with zero attached hydrogens (tertiary/aromatic N) is 5. The van der Waals surface area contributed by atoms with Gasteiger partial charge in [-0.3, -0.25) is 19.1 Å². The predicted octanol–water partition coefficient (Wildman–Crippen LogP) is 3.07. The monoisotopic (exact) mass is 449 g/mol. The van der Waals surface area contributed by atoms with Crippen molar-refractivity contribution in [2.45, 2.75) is 39.8 Å². The first-order valence-electron chi connectivity index (χ1n) is 10.9. The third kappa shape index (κ3) is 4.74. The van der Waals surface area contributed by atoms with Crippen molar-refractivity contribution >= 4 is 27.5 Å². The van der Waals surface area contributed by atoms with E-state index in [0.29, 0.717) is 30.5 Å². The Hall–Kier alpha value is -3.02. The molecule has 2 aromatic heterocycles. The first kappa shape index (κ1) is 22.2. The molecule has 8 heteroatoms. The van der Waals surface area contributed by atoms with Gasteiger partial charge in [-0.1, -0.05) is 12.1 Å². The number of nitriles is 1. The minimum atomic E-state index is -0.0610. The normalized spacial score (nSPS) is 15.0. The number of hydrogen-bond donors (Lipinski definition) is 0. The van der Waals surface area contributed by atoms with Gasteiger partial charge < -0.3 is 4.90 Å². The molecule has 0 unspecified atom stereocenters. The Morgan fingerprint density at radius 1 is 1.16 bits per heavy atom. The third-order valence-corrected chi connectivity index (χ3v) is 7.27. The Bertz CT molecular complexity index is 1220. The second-order valence-electron chi connectivity index (χ2n) is 8.28. The van der Waals surface area contributed by atoms with E-state index in [2.05, 4.69) is 16.0 Å². The number of carbonyl (C=O) groups excluding carboxylic acids is 1. The van der Waals surface area contributed by atoms with Crippen molar-refractivity contribution in [3.63, 3.8) is 0 Å². The summed E-state index contributed by atoms with van der Waals surface area (Å²) in [7, 11) is 0. The van der Waals surface area contributed by atoms with E-state index in [9.17, 15) is 9.59 Å². The number of hydrogen-bond acceptors (Lipinski definition) is 6. The predicted molar refractivity (Wildman–Crippen MR) is 126 cm³/mol. The third-order valence-electron chi connectivity index (χ3n) is 6.15. The molecule has 1 saturated heterocycles. The van der Waals surface area contributed by atoms with Gasteiger partial charge in [0.05, 0.1) is 23.3 Å². The molecule has 0 bridgehead atoms. The highest BCUT2D eigenvalue weighted by Crippen LogP contribution is 2.25. The lowest BCUT2D eigenvalue weighted by atomic mass is 10.1. The summed E-state index contributed by atoms with van der Waals surface area (Å²) in [6.45, 7) is 8.27. The number of benzene rings is 1. The Labute approximate surface area is 191 Å². The molecule has 7 nitrogen and oxygen atoms in total. The second-order valence-corrected chi connectivity index (χ2v) is 9.48. The fourth-order valence-electron chi connectivity index (χ4n) is 4.12. The number of thiophene rings is 1. The van der Waals surface area contributed by atoms with Gasteiger partial charge in [0.1, 0.15) is 4.83 Å². The van der Waals surface area contributed by atoms with Crippen LogP contribution < -0.4 is 5.56 Å². The van der Waals surface area contributed by atoms with Crippen molar-refractivity contribution in [3.05, 3.63) is 62.5 Å². The molecule has 0 saturated carbocycles. The van der Waals surface area contributed by atoms with Gasteiger partial charge in [0.15, 0.2) is 0 Å². The summed E-state index contributed by atoms with van der Waals surface area (Å²) in [5, 5.41) is 9.62.